The number of carbonyl (C=O) groups is 1. The third kappa shape index (κ3) is 3.21. The highest BCUT2D eigenvalue weighted by atomic mass is 16.4. The van der Waals surface area contributed by atoms with E-state index in [4.69, 9.17) is 0 Å². The van der Waals surface area contributed by atoms with E-state index in [1.807, 2.05) is 57.1 Å². The summed E-state index contributed by atoms with van der Waals surface area (Å²) in [4.78, 5) is 22.0. The maximum absolute atomic E-state index is 11.3. The Morgan fingerprint density at radius 3 is 2.48 bits per heavy atom. The Labute approximate surface area is 123 Å². The molecule has 0 saturated heterocycles. The molecular formula is C15H20N4O2. The highest BCUT2D eigenvalue weighted by Crippen LogP contribution is 2.24. The van der Waals surface area contributed by atoms with Crippen molar-refractivity contribution < 1.29 is 9.90 Å². The third-order valence-electron chi connectivity index (χ3n) is 3.22. The molecule has 0 spiro atoms. The molecule has 0 amide bonds. The molecule has 2 aromatic rings. The van der Waals surface area contributed by atoms with E-state index in [0.29, 0.717) is 5.95 Å². The summed E-state index contributed by atoms with van der Waals surface area (Å²) in [6, 6.07) is 6.95. The number of hydrogen-bond acceptors (Lipinski definition) is 5. The van der Waals surface area contributed by atoms with Crippen LogP contribution in [0.4, 0.5) is 11.8 Å². The number of fused-ring (bicyclic) bond motifs is 1. The Morgan fingerprint density at radius 1 is 1.24 bits per heavy atom. The van der Waals surface area contributed by atoms with Gasteiger partial charge in [-0.2, -0.15) is 4.98 Å². The van der Waals surface area contributed by atoms with Crippen LogP contribution in [0.15, 0.2) is 24.3 Å². The van der Waals surface area contributed by atoms with Crippen molar-refractivity contribution in [3.63, 3.8) is 0 Å². The minimum absolute atomic E-state index is 0.0691. The van der Waals surface area contributed by atoms with Crippen molar-refractivity contribution in [2.45, 2.75) is 19.9 Å². The van der Waals surface area contributed by atoms with Gasteiger partial charge < -0.3 is 15.3 Å². The van der Waals surface area contributed by atoms with E-state index in [9.17, 15) is 9.90 Å². The lowest BCUT2D eigenvalue weighted by Crippen LogP contribution is -2.35. The Balaban J connectivity index is 2.47. The van der Waals surface area contributed by atoms with Crippen molar-refractivity contribution in [3.05, 3.63) is 24.3 Å². The van der Waals surface area contributed by atoms with Gasteiger partial charge in [0.15, 0.2) is 0 Å². The fourth-order valence-electron chi connectivity index (χ4n) is 2.12. The Morgan fingerprint density at radius 2 is 1.90 bits per heavy atom. The number of nitrogens with one attached hydrogen (secondary N) is 1. The van der Waals surface area contributed by atoms with Crippen LogP contribution < -0.4 is 10.2 Å². The summed E-state index contributed by atoms with van der Waals surface area (Å²) < 4.78 is 0. The molecule has 0 saturated carbocycles. The van der Waals surface area contributed by atoms with Gasteiger partial charge in [-0.25, -0.2) is 9.78 Å². The zero-order chi connectivity index (χ0) is 15.6. The molecule has 0 fully saturated rings. The third-order valence-corrected chi connectivity index (χ3v) is 3.22. The molecule has 6 nitrogen and oxygen atoms in total. The van der Waals surface area contributed by atoms with Crippen molar-refractivity contribution in [1.82, 2.24) is 9.97 Å². The first kappa shape index (κ1) is 15.0. The second kappa shape index (κ2) is 5.95. The first-order chi connectivity index (χ1) is 9.90. The van der Waals surface area contributed by atoms with Crippen molar-refractivity contribution in [1.29, 1.82) is 0 Å². The fourth-order valence-corrected chi connectivity index (χ4v) is 2.12. The SMILES string of the molecule is CC(C)[C@@H](Nc1nc(N(C)C)c2ccccc2n1)C(=O)O. The molecule has 1 heterocycles. The molecule has 0 aliphatic rings. The number of rotatable bonds is 5. The zero-order valence-corrected chi connectivity index (χ0v) is 12.7. The lowest BCUT2D eigenvalue weighted by molar-refractivity contribution is -0.138. The summed E-state index contributed by atoms with van der Waals surface area (Å²) in [7, 11) is 3.80. The van der Waals surface area contributed by atoms with Gasteiger partial charge in [0, 0.05) is 19.5 Å². The number of anilines is 2. The Bertz CT molecular complexity index is 655. The number of aliphatic carboxylic acids is 1. The molecule has 0 bridgehead atoms. The number of carboxylic acid groups (broad SMARTS) is 1. The maximum atomic E-state index is 11.3. The molecule has 21 heavy (non-hydrogen) atoms. The minimum Gasteiger partial charge on any atom is -0.480 e. The molecule has 1 aromatic heterocycles. The Hall–Kier alpha value is -2.37. The van der Waals surface area contributed by atoms with Crippen molar-refractivity contribution in [3.8, 4) is 0 Å². The van der Waals surface area contributed by atoms with Gasteiger partial charge in [-0.05, 0) is 18.1 Å². The highest BCUT2D eigenvalue weighted by molar-refractivity contribution is 5.90. The Kier molecular flexibility index (Phi) is 4.26. The van der Waals surface area contributed by atoms with E-state index in [1.165, 1.54) is 0 Å². The van der Waals surface area contributed by atoms with Crippen LogP contribution in [0.25, 0.3) is 10.9 Å². The van der Waals surface area contributed by atoms with Crippen LogP contribution in [0.1, 0.15) is 13.8 Å². The normalized spacial score (nSPS) is 12.4. The van der Waals surface area contributed by atoms with Crippen LogP contribution in [0, 0.1) is 5.92 Å². The van der Waals surface area contributed by atoms with E-state index in [2.05, 4.69) is 15.3 Å². The minimum atomic E-state index is -0.909. The molecule has 2 rings (SSSR count). The summed E-state index contributed by atoms with van der Waals surface area (Å²) in [5.74, 6) is 0.114. The summed E-state index contributed by atoms with van der Waals surface area (Å²) in [5.41, 5.74) is 0.784. The maximum Gasteiger partial charge on any atom is 0.326 e. The smallest absolute Gasteiger partial charge is 0.326 e. The predicted octanol–water partition coefficient (Wildman–Crippen LogP) is 2.22. The summed E-state index contributed by atoms with van der Waals surface area (Å²) >= 11 is 0. The van der Waals surface area contributed by atoms with Gasteiger partial charge >= 0.3 is 5.97 Å². The second-order valence-electron chi connectivity index (χ2n) is 5.49. The molecule has 1 atom stereocenters. The molecule has 2 N–H and O–H groups in total. The topological polar surface area (TPSA) is 78.4 Å². The fraction of sp³-hybridized carbons (Fsp3) is 0.400. The molecule has 0 unspecified atom stereocenters. The van der Waals surface area contributed by atoms with Crippen LogP contribution in [-0.2, 0) is 4.79 Å². The van der Waals surface area contributed by atoms with E-state index in [-0.39, 0.29) is 5.92 Å². The number of carboxylic acids is 1. The average molecular weight is 288 g/mol. The zero-order valence-electron chi connectivity index (χ0n) is 12.7. The van der Waals surface area contributed by atoms with Crippen LogP contribution >= 0.6 is 0 Å². The van der Waals surface area contributed by atoms with Crippen LogP contribution in [0.3, 0.4) is 0 Å². The van der Waals surface area contributed by atoms with E-state index < -0.39 is 12.0 Å². The average Bonchev–Trinajstić information content (AvgIpc) is 2.43. The number of nitrogens with zero attached hydrogens (tertiary/aromatic N) is 3. The monoisotopic (exact) mass is 288 g/mol. The van der Waals surface area contributed by atoms with Gasteiger partial charge in [-0.1, -0.05) is 26.0 Å². The lowest BCUT2D eigenvalue weighted by atomic mass is 10.1. The molecule has 0 aliphatic carbocycles. The number of hydrogen-bond donors (Lipinski definition) is 2. The van der Waals surface area contributed by atoms with E-state index in [1.54, 1.807) is 0 Å². The number of aromatic nitrogens is 2. The quantitative estimate of drug-likeness (QED) is 0.878. The van der Waals surface area contributed by atoms with Crippen molar-refractivity contribution in [2.75, 3.05) is 24.3 Å². The van der Waals surface area contributed by atoms with Crippen molar-refractivity contribution >= 4 is 28.6 Å². The van der Waals surface area contributed by atoms with Crippen LogP contribution in [0.2, 0.25) is 0 Å². The standard InChI is InChI=1S/C15H20N4O2/c1-9(2)12(14(20)21)17-15-16-11-8-6-5-7-10(11)13(18-15)19(3)4/h5-9,12H,1-4H3,(H,20,21)(H,16,17,18)/t12-/m1/s1. The van der Waals surface area contributed by atoms with Gasteiger partial charge in [0.1, 0.15) is 11.9 Å². The first-order valence-corrected chi connectivity index (χ1v) is 6.83. The lowest BCUT2D eigenvalue weighted by Gasteiger charge is -2.20. The highest BCUT2D eigenvalue weighted by Gasteiger charge is 2.22. The van der Waals surface area contributed by atoms with Crippen LogP contribution in [0.5, 0.6) is 0 Å². The van der Waals surface area contributed by atoms with Crippen LogP contribution in [-0.4, -0.2) is 41.2 Å². The first-order valence-electron chi connectivity index (χ1n) is 6.83. The van der Waals surface area contributed by atoms with Crippen molar-refractivity contribution in [2.24, 2.45) is 5.92 Å². The summed E-state index contributed by atoms with van der Waals surface area (Å²) in [6.45, 7) is 3.69. The molecular weight excluding hydrogens is 268 g/mol. The van der Waals surface area contributed by atoms with E-state index in [0.717, 1.165) is 16.7 Å². The molecule has 0 radical (unpaired) electrons. The number of para-hydroxylation sites is 1. The predicted molar refractivity (Wildman–Crippen MR) is 83.7 cm³/mol. The molecule has 112 valence electrons. The summed E-state index contributed by atoms with van der Waals surface area (Å²) in [6.07, 6.45) is 0. The van der Waals surface area contributed by atoms with Gasteiger partial charge in [-0.3, -0.25) is 0 Å². The number of benzene rings is 1. The molecule has 6 heteroatoms. The molecule has 1 aromatic carbocycles. The summed E-state index contributed by atoms with van der Waals surface area (Å²) in [5, 5.41) is 13.1. The van der Waals surface area contributed by atoms with Gasteiger partial charge in [0.05, 0.1) is 5.52 Å². The molecule has 0 aliphatic heterocycles. The van der Waals surface area contributed by atoms with E-state index >= 15 is 0 Å². The van der Waals surface area contributed by atoms with Gasteiger partial charge in [0.2, 0.25) is 5.95 Å². The van der Waals surface area contributed by atoms with Gasteiger partial charge in [-0.15, -0.1) is 0 Å². The largest absolute Gasteiger partial charge is 0.480 e. The second-order valence-corrected chi connectivity index (χ2v) is 5.49. The van der Waals surface area contributed by atoms with Gasteiger partial charge in [0.25, 0.3) is 0 Å².